The zero-order valence-electron chi connectivity index (χ0n) is 19.3. The van der Waals surface area contributed by atoms with Crippen molar-refractivity contribution in [3.8, 4) is 0 Å². The Kier molecular flexibility index (Phi) is 5.93. The minimum absolute atomic E-state index is 0.109. The average Bonchev–Trinajstić information content (AvgIpc) is 3.26. The van der Waals surface area contributed by atoms with Crippen molar-refractivity contribution in [1.82, 2.24) is 19.5 Å². The van der Waals surface area contributed by atoms with Gasteiger partial charge in [0.15, 0.2) is 5.65 Å². The number of nitrogens with one attached hydrogen (secondary N) is 1. The molecule has 3 aromatic rings. The van der Waals surface area contributed by atoms with Crippen LogP contribution in [0.5, 0.6) is 0 Å². The fourth-order valence-electron chi connectivity index (χ4n) is 5.00. The maximum Gasteiger partial charge on any atom is 0.253 e. The predicted octanol–water partition coefficient (Wildman–Crippen LogP) is 3.97. The number of hydrogen-bond donors (Lipinski definition) is 3. The van der Waals surface area contributed by atoms with Crippen LogP contribution in [0, 0.1) is 6.92 Å². The number of amides is 1. The van der Waals surface area contributed by atoms with E-state index < -0.39 is 0 Å². The first-order chi connectivity index (χ1) is 16.0. The van der Waals surface area contributed by atoms with Gasteiger partial charge in [0.25, 0.3) is 5.91 Å². The van der Waals surface area contributed by atoms with Crippen LogP contribution < -0.4 is 16.8 Å². The SMILES string of the molecule is Cc1c(N)nn2cc([C@H]3CC[C@H](N)CC3)nc2c1Nc1ccc(C(=O)N2CCCCC2)cc1. The Labute approximate surface area is 194 Å². The lowest BCUT2D eigenvalue weighted by atomic mass is 9.85. The van der Waals surface area contributed by atoms with Crippen LogP contribution in [0.1, 0.15) is 72.5 Å². The Morgan fingerprint density at radius 3 is 2.45 bits per heavy atom. The summed E-state index contributed by atoms with van der Waals surface area (Å²) in [5.41, 5.74) is 17.4. The first kappa shape index (κ1) is 21.7. The highest BCUT2D eigenvalue weighted by atomic mass is 16.2. The van der Waals surface area contributed by atoms with Crippen LogP contribution in [0.15, 0.2) is 30.5 Å². The van der Waals surface area contributed by atoms with Crippen molar-refractivity contribution in [3.05, 3.63) is 47.3 Å². The molecule has 1 amide bonds. The van der Waals surface area contributed by atoms with Crippen LogP contribution >= 0.6 is 0 Å². The normalized spacial score (nSPS) is 21.3. The standard InChI is InChI=1S/C25H33N7O/c1-16-22(28-20-11-7-18(8-12-20)25(33)31-13-3-2-4-14-31)24-29-21(15-32(24)30-23(16)27)17-5-9-19(26)10-6-17/h7-8,11-12,15,17,19,28H,2-6,9-10,13-14,26H2,1H3,(H2,27,30)/t17-,19-. The first-order valence-electron chi connectivity index (χ1n) is 12.1. The molecule has 0 atom stereocenters. The van der Waals surface area contributed by atoms with Crippen LogP contribution in [-0.4, -0.2) is 44.5 Å². The van der Waals surface area contributed by atoms with Crippen LogP contribution in [0.2, 0.25) is 0 Å². The number of benzene rings is 1. The summed E-state index contributed by atoms with van der Waals surface area (Å²) in [5, 5.41) is 7.99. The number of carbonyl (C=O) groups excluding carboxylic acids is 1. The molecule has 0 radical (unpaired) electrons. The molecule has 174 valence electrons. The predicted molar refractivity (Wildman–Crippen MR) is 131 cm³/mol. The molecule has 1 aliphatic carbocycles. The van der Waals surface area contributed by atoms with Gasteiger partial charge in [-0.05, 0) is 76.1 Å². The second-order valence-corrected chi connectivity index (χ2v) is 9.49. The molecule has 0 bridgehead atoms. The van der Waals surface area contributed by atoms with Gasteiger partial charge in [-0.3, -0.25) is 4.79 Å². The molecule has 1 aliphatic heterocycles. The van der Waals surface area contributed by atoms with E-state index in [0.717, 1.165) is 85.5 Å². The average molecular weight is 448 g/mol. The second kappa shape index (κ2) is 9.02. The van der Waals surface area contributed by atoms with Gasteiger partial charge in [-0.1, -0.05) is 0 Å². The third-order valence-electron chi connectivity index (χ3n) is 7.14. The molecule has 3 heterocycles. The number of nitrogens with two attached hydrogens (primary N) is 2. The number of nitrogens with zero attached hydrogens (tertiary/aromatic N) is 4. The highest BCUT2D eigenvalue weighted by Crippen LogP contribution is 2.34. The van der Waals surface area contributed by atoms with E-state index in [1.54, 1.807) is 4.52 Å². The van der Waals surface area contributed by atoms with Crippen LogP contribution in [0.4, 0.5) is 17.2 Å². The van der Waals surface area contributed by atoms with Crippen molar-refractivity contribution in [3.63, 3.8) is 0 Å². The summed E-state index contributed by atoms with van der Waals surface area (Å²) in [6.07, 6.45) is 9.54. The Morgan fingerprint density at radius 1 is 1.06 bits per heavy atom. The smallest absolute Gasteiger partial charge is 0.253 e. The fourth-order valence-corrected chi connectivity index (χ4v) is 5.00. The van der Waals surface area contributed by atoms with Gasteiger partial charge in [0.2, 0.25) is 0 Å². The highest BCUT2D eigenvalue weighted by molar-refractivity contribution is 5.94. The number of fused-ring (bicyclic) bond motifs is 1. The van der Waals surface area contributed by atoms with Gasteiger partial charge in [0.05, 0.1) is 17.6 Å². The third-order valence-corrected chi connectivity index (χ3v) is 7.14. The van der Waals surface area contributed by atoms with E-state index in [9.17, 15) is 4.79 Å². The summed E-state index contributed by atoms with van der Waals surface area (Å²) in [6, 6.07) is 7.96. The number of aromatic nitrogens is 3. The minimum Gasteiger partial charge on any atom is -0.382 e. The van der Waals surface area contributed by atoms with E-state index in [-0.39, 0.29) is 5.91 Å². The molecule has 8 nitrogen and oxygen atoms in total. The van der Waals surface area contributed by atoms with E-state index >= 15 is 0 Å². The Morgan fingerprint density at radius 2 is 1.76 bits per heavy atom. The van der Waals surface area contributed by atoms with Crippen molar-refractivity contribution >= 4 is 28.7 Å². The lowest BCUT2D eigenvalue weighted by molar-refractivity contribution is 0.0724. The summed E-state index contributed by atoms with van der Waals surface area (Å²) in [4.78, 5) is 19.7. The van der Waals surface area contributed by atoms with Gasteiger partial charge in [0.1, 0.15) is 5.82 Å². The Balaban J connectivity index is 1.39. The zero-order chi connectivity index (χ0) is 22.9. The van der Waals surface area contributed by atoms with E-state index in [1.165, 1.54) is 6.42 Å². The molecule has 2 fully saturated rings. The van der Waals surface area contributed by atoms with Crippen molar-refractivity contribution in [2.75, 3.05) is 24.1 Å². The Hall–Kier alpha value is -3.13. The van der Waals surface area contributed by atoms with Crippen LogP contribution in [0.25, 0.3) is 5.65 Å². The van der Waals surface area contributed by atoms with Crippen molar-refractivity contribution in [1.29, 1.82) is 0 Å². The van der Waals surface area contributed by atoms with Gasteiger partial charge < -0.3 is 21.7 Å². The van der Waals surface area contributed by atoms with Gasteiger partial charge in [-0.25, -0.2) is 9.50 Å². The number of anilines is 3. The lowest BCUT2D eigenvalue weighted by Gasteiger charge is -2.26. The molecular weight excluding hydrogens is 414 g/mol. The molecule has 8 heteroatoms. The summed E-state index contributed by atoms with van der Waals surface area (Å²) < 4.78 is 1.78. The largest absolute Gasteiger partial charge is 0.382 e. The van der Waals surface area contributed by atoms with Gasteiger partial charge in [-0.15, -0.1) is 5.10 Å². The van der Waals surface area contributed by atoms with Crippen molar-refractivity contribution in [2.24, 2.45) is 5.73 Å². The molecule has 33 heavy (non-hydrogen) atoms. The topological polar surface area (TPSA) is 115 Å². The molecule has 1 aromatic carbocycles. The van der Waals surface area contributed by atoms with Crippen molar-refractivity contribution in [2.45, 2.75) is 63.8 Å². The summed E-state index contributed by atoms with van der Waals surface area (Å²) in [7, 11) is 0. The molecule has 1 saturated carbocycles. The van der Waals surface area contributed by atoms with Crippen LogP contribution in [0.3, 0.4) is 0 Å². The minimum atomic E-state index is 0.109. The number of carbonyl (C=O) groups is 1. The summed E-state index contributed by atoms with van der Waals surface area (Å²) >= 11 is 0. The third kappa shape index (κ3) is 4.39. The Bertz CT molecular complexity index is 1140. The maximum absolute atomic E-state index is 12.8. The van der Waals surface area contributed by atoms with Crippen molar-refractivity contribution < 1.29 is 4.79 Å². The second-order valence-electron chi connectivity index (χ2n) is 9.49. The van der Waals surface area contributed by atoms with E-state index in [4.69, 9.17) is 16.5 Å². The molecule has 2 aliphatic rings. The first-order valence-corrected chi connectivity index (χ1v) is 12.1. The number of rotatable bonds is 4. The zero-order valence-corrected chi connectivity index (χ0v) is 19.3. The molecule has 0 unspecified atom stereocenters. The van der Waals surface area contributed by atoms with E-state index in [0.29, 0.717) is 17.8 Å². The quantitative estimate of drug-likeness (QED) is 0.557. The highest BCUT2D eigenvalue weighted by Gasteiger charge is 2.24. The number of imidazole rings is 1. The van der Waals surface area contributed by atoms with Gasteiger partial charge in [-0.2, -0.15) is 0 Å². The molecule has 2 aromatic heterocycles. The molecular formula is C25H33N7O. The summed E-state index contributed by atoms with van der Waals surface area (Å²) in [6.45, 7) is 3.65. The molecule has 1 saturated heterocycles. The number of nitrogen functional groups attached to an aromatic ring is 1. The maximum atomic E-state index is 12.8. The molecule has 5 N–H and O–H groups in total. The fraction of sp³-hybridized carbons (Fsp3) is 0.480. The monoisotopic (exact) mass is 447 g/mol. The van der Waals surface area contributed by atoms with E-state index in [2.05, 4.69) is 10.4 Å². The van der Waals surface area contributed by atoms with Gasteiger partial charge >= 0.3 is 0 Å². The number of piperidine rings is 1. The molecule has 0 spiro atoms. The van der Waals surface area contributed by atoms with E-state index in [1.807, 2.05) is 42.3 Å². The van der Waals surface area contributed by atoms with Crippen LogP contribution in [-0.2, 0) is 0 Å². The lowest BCUT2D eigenvalue weighted by Crippen LogP contribution is -2.35. The number of likely N-dealkylation sites (tertiary alicyclic amines) is 1. The molecule has 5 rings (SSSR count). The number of hydrogen-bond acceptors (Lipinski definition) is 6. The van der Waals surface area contributed by atoms with Gasteiger partial charge in [0, 0.05) is 41.9 Å². The summed E-state index contributed by atoms with van der Waals surface area (Å²) in [5.74, 6) is 0.982.